The van der Waals surface area contributed by atoms with Crippen LogP contribution in [0.3, 0.4) is 0 Å². The molecule has 3 aromatic rings. The van der Waals surface area contributed by atoms with Gasteiger partial charge in [0.15, 0.2) is 5.78 Å². The van der Waals surface area contributed by atoms with Crippen molar-refractivity contribution < 1.29 is 9.72 Å². The van der Waals surface area contributed by atoms with Gasteiger partial charge in [-0.3, -0.25) is 14.9 Å². The van der Waals surface area contributed by atoms with Crippen LogP contribution in [0.1, 0.15) is 33.7 Å². The smallest absolute Gasteiger partial charge is 0.269 e. The summed E-state index contributed by atoms with van der Waals surface area (Å²) in [4.78, 5) is 23.4. The van der Waals surface area contributed by atoms with Crippen LogP contribution >= 0.6 is 0 Å². The van der Waals surface area contributed by atoms with Crippen LogP contribution < -0.4 is 0 Å². The number of carbonyl (C=O) groups excluding carboxylic acids is 1. The van der Waals surface area contributed by atoms with Gasteiger partial charge in [0.25, 0.3) is 5.69 Å². The van der Waals surface area contributed by atoms with Gasteiger partial charge < -0.3 is 0 Å². The zero-order valence-electron chi connectivity index (χ0n) is 14.8. The molecule has 0 aliphatic heterocycles. The molecular weight excluding hydrogens is 342 g/mol. The number of nitro groups is 1. The molecule has 2 aromatic carbocycles. The predicted molar refractivity (Wildman–Crippen MR) is 102 cm³/mol. The average molecular weight is 359 g/mol. The minimum absolute atomic E-state index is 0.0192. The normalized spacial score (nSPS) is 15.0. The monoisotopic (exact) mass is 359 g/mol. The third kappa shape index (κ3) is 3.06. The average Bonchev–Trinajstić information content (AvgIpc) is 3.02. The van der Waals surface area contributed by atoms with Crippen LogP contribution in [-0.2, 0) is 6.42 Å². The van der Waals surface area contributed by atoms with E-state index in [0.29, 0.717) is 23.3 Å². The van der Waals surface area contributed by atoms with E-state index in [4.69, 9.17) is 0 Å². The first-order valence-electron chi connectivity index (χ1n) is 8.68. The number of aryl methyl sites for hydroxylation is 1. The fourth-order valence-corrected chi connectivity index (χ4v) is 3.44. The van der Waals surface area contributed by atoms with Crippen LogP contribution in [0.5, 0.6) is 0 Å². The van der Waals surface area contributed by atoms with Crippen LogP contribution in [0.4, 0.5) is 5.69 Å². The van der Waals surface area contributed by atoms with Crippen molar-refractivity contribution in [2.45, 2.75) is 19.8 Å². The molecule has 1 aliphatic rings. The second-order valence-corrected chi connectivity index (χ2v) is 6.50. The summed E-state index contributed by atoms with van der Waals surface area (Å²) in [5.74, 6) is -0.0192. The first kappa shape index (κ1) is 16.9. The first-order chi connectivity index (χ1) is 13.0. The maximum atomic E-state index is 13.0. The second kappa shape index (κ2) is 6.64. The number of rotatable bonds is 3. The minimum Gasteiger partial charge on any atom is -0.289 e. The Kier molecular flexibility index (Phi) is 4.16. The van der Waals surface area contributed by atoms with Gasteiger partial charge in [0.1, 0.15) is 0 Å². The number of nitro benzene ring substituents is 1. The summed E-state index contributed by atoms with van der Waals surface area (Å²) in [5.41, 5.74) is 4.77. The summed E-state index contributed by atoms with van der Waals surface area (Å²) >= 11 is 0. The first-order valence-corrected chi connectivity index (χ1v) is 8.68. The summed E-state index contributed by atoms with van der Waals surface area (Å²) in [7, 11) is 0. The molecule has 0 unspecified atom stereocenters. The van der Waals surface area contributed by atoms with E-state index < -0.39 is 4.92 Å². The molecule has 0 radical (unpaired) electrons. The van der Waals surface area contributed by atoms with Gasteiger partial charge in [-0.05, 0) is 55.7 Å². The quantitative estimate of drug-likeness (QED) is 0.397. The molecule has 0 fully saturated rings. The van der Waals surface area contributed by atoms with E-state index in [9.17, 15) is 14.9 Å². The van der Waals surface area contributed by atoms with Crippen molar-refractivity contribution in [3.8, 4) is 5.69 Å². The molecule has 0 saturated heterocycles. The maximum Gasteiger partial charge on any atom is 0.269 e. The van der Waals surface area contributed by atoms with Crippen molar-refractivity contribution in [2.75, 3.05) is 0 Å². The lowest BCUT2D eigenvalue weighted by Gasteiger charge is -2.16. The van der Waals surface area contributed by atoms with Crippen LogP contribution in [-0.4, -0.2) is 20.5 Å². The van der Waals surface area contributed by atoms with E-state index in [-0.39, 0.29) is 11.5 Å². The Morgan fingerprint density at radius 1 is 1.07 bits per heavy atom. The Balaban J connectivity index is 1.69. The highest BCUT2D eigenvalue weighted by molar-refractivity contribution is 6.13. The number of benzene rings is 2. The van der Waals surface area contributed by atoms with Crippen LogP contribution in [0, 0.1) is 17.0 Å². The molecule has 0 amide bonds. The molecule has 4 rings (SSSR count). The number of allylic oxidation sites excluding steroid dienone is 1. The number of hydrogen-bond donors (Lipinski definition) is 0. The highest BCUT2D eigenvalue weighted by atomic mass is 16.6. The molecule has 6 heteroatoms. The third-order valence-electron chi connectivity index (χ3n) is 4.75. The van der Waals surface area contributed by atoms with Gasteiger partial charge in [-0.2, -0.15) is 5.10 Å². The second-order valence-electron chi connectivity index (χ2n) is 6.50. The van der Waals surface area contributed by atoms with Crippen molar-refractivity contribution in [3.63, 3.8) is 0 Å². The summed E-state index contributed by atoms with van der Waals surface area (Å²) in [6, 6.07) is 16.0. The Labute approximate surface area is 155 Å². The molecule has 0 bridgehead atoms. The summed E-state index contributed by atoms with van der Waals surface area (Å²) in [5, 5.41) is 15.4. The van der Waals surface area contributed by atoms with Gasteiger partial charge in [-0.25, -0.2) is 4.68 Å². The number of fused-ring (bicyclic) bond motifs is 1. The number of ketones is 1. The van der Waals surface area contributed by atoms with Gasteiger partial charge in [0.05, 0.1) is 27.6 Å². The molecule has 27 heavy (non-hydrogen) atoms. The number of carbonyl (C=O) groups is 1. The van der Waals surface area contributed by atoms with E-state index in [0.717, 1.165) is 23.4 Å². The lowest BCUT2D eigenvalue weighted by atomic mass is 9.88. The number of para-hydroxylation sites is 1. The maximum absolute atomic E-state index is 13.0. The van der Waals surface area contributed by atoms with Crippen molar-refractivity contribution in [1.82, 2.24) is 9.78 Å². The molecular formula is C21H17N3O3. The molecule has 0 saturated carbocycles. The Hall–Kier alpha value is -3.54. The lowest BCUT2D eigenvalue weighted by molar-refractivity contribution is -0.384. The lowest BCUT2D eigenvalue weighted by Crippen LogP contribution is -2.16. The highest BCUT2D eigenvalue weighted by Gasteiger charge is 2.29. The van der Waals surface area contributed by atoms with E-state index in [2.05, 4.69) is 5.10 Å². The van der Waals surface area contributed by atoms with Gasteiger partial charge in [0.2, 0.25) is 0 Å². The molecule has 0 atom stereocenters. The van der Waals surface area contributed by atoms with E-state index in [1.807, 2.05) is 48.0 Å². The fraction of sp³-hybridized carbons (Fsp3) is 0.143. The van der Waals surface area contributed by atoms with Crippen molar-refractivity contribution in [2.24, 2.45) is 0 Å². The van der Waals surface area contributed by atoms with Gasteiger partial charge >= 0.3 is 0 Å². The van der Waals surface area contributed by atoms with E-state index in [1.54, 1.807) is 12.1 Å². The fourth-order valence-electron chi connectivity index (χ4n) is 3.44. The molecule has 1 aliphatic carbocycles. The SMILES string of the molecule is Cc1nn(-c2ccccc2)c2c1C(=O)/C(=C/c1ccc([N+](=O)[O-])cc1)CC2. The molecule has 134 valence electrons. The Morgan fingerprint density at radius 3 is 2.44 bits per heavy atom. The standard InChI is InChI=1S/C21H17N3O3/c1-14-20-19(23(22-14)17-5-3-2-4-6-17)12-9-16(21(20)25)13-15-7-10-18(11-8-15)24(26)27/h2-8,10-11,13H,9,12H2,1H3/b16-13+. The number of Topliss-reactive ketones (excluding diaryl/α,β-unsaturated/α-hetero) is 1. The van der Waals surface area contributed by atoms with Gasteiger partial charge in [0, 0.05) is 17.7 Å². The molecule has 0 spiro atoms. The van der Waals surface area contributed by atoms with Crippen molar-refractivity contribution in [3.05, 3.63) is 92.8 Å². The zero-order valence-corrected chi connectivity index (χ0v) is 14.8. The van der Waals surface area contributed by atoms with Gasteiger partial charge in [-0.15, -0.1) is 0 Å². The summed E-state index contributed by atoms with van der Waals surface area (Å²) < 4.78 is 1.85. The van der Waals surface area contributed by atoms with Crippen LogP contribution in [0.2, 0.25) is 0 Å². The van der Waals surface area contributed by atoms with Crippen LogP contribution in [0.25, 0.3) is 11.8 Å². The zero-order chi connectivity index (χ0) is 19.0. The predicted octanol–water partition coefficient (Wildman–Crippen LogP) is 4.30. The molecule has 0 N–H and O–H groups in total. The highest BCUT2D eigenvalue weighted by Crippen LogP contribution is 2.30. The summed E-state index contributed by atoms with van der Waals surface area (Å²) in [6.45, 7) is 1.85. The van der Waals surface area contributed by atoms with E-state index in [1.165, 1.54) is 12.1 Å². The van der Waals surface area contributed by atoms with Crippen molar-refractivity contribution >= 4 is 17.5 Å². The molecule has 1 heterocycles. The van der Waals surface area contributed by atoms with Crippen LogP contribution in [0.15, 0.2) is 60.2 Å². The Bertz CT molecular complexity index is 1060. The molecule has 1 aromatic heterocycles. The largest absolute Gasteiger partial charge is 0.289 e. The third-order valence-corrected chi connectivity index (χ3v) is 4.75. The van der Waals surface area contributed by atoms with Gasteiger partial charge in [-0.1, -0.05) is 18.2 Å². The number of hydrogen-bond acceptors (Lipinski definition) is 4. The number of nitrogens with zero attached hydrogens (tertiary/aromatic N) is 3. The topological polar surface area (TPSA) is 78.0 Å². The summed E-state index contributed by atoms with van der Waals surface area (Å²) in [6.07, 6.45) is 3.14. The minimum atomic E-state index is -0.434. The number of aromatic nitrogens is 2. The number of non-ortho nitro benzene ring substituents is 1. The Morgan fingerprint density at radius 2 is 1.78 bits per heavy atom. The molecule has 6 nitrogen and oxygen atoms in total. The van der Waals surface area contributed by atoms with E-state index >= 15 is 0 Å². The van der Waals surface area contributed by atoms with Crippen molar-refractivity contribution in [1.29, 1.82) is 0 Å².